The third-order valence-electron chi connectivity index (χ3n) is 5.32. The highest BCUT2D eigenvalue weighted by Crippen LogP contribution is 2.29. The van der Waals surface area contributed by atoms with Gasteiger partial charge in [0.1, 0.15) is 5.65 Å². The summed E-state index contributed by atoms with van der Waals surface area (Å²) in [6, 6.07) is 23.0. The lowest BCUT2D eigenvalue weighted by Gasteiger charge is -2.17. The van der Waals surface area contributed by atoms with Crippen molar-refractivity contribution in [2.75, 3.05) is 19.3 Å². The molecule has 0 aliphatic carbocycles. The van der Waals surface area contributed by atoms with Crippen LogP contribution in [0.2, 0.25) is 0 Å². The topological polar surface area (TPSA) is 46.6 Å². The molecule has 0 radical (unpaired) electrons. The number of nitrogens with two attached hydrogens (primary N) is 1. The van der Waals surface area contributed by atoms with Gasteiger partial charge >= 0.3 is 0 Å². The molecule has 148 valence electrons. The summed E-state index contributed by atoms with van der Waals surface area (Å²) in [4.78, 5) is 7.30. The zero-order valence-corrected chi connectivity index (χ0v) is 17.2. The molecular formula is C25H28N4. The van der Waals surface area contributed by atoms with Gasteiger partial charge in [-0.15, -0.1) is 0 Å². The van der Waals surface area contributed by atoms with E-state index in [4.69, 9.17) is 10.7 Å². The Morgan fingerprint density at radius 2 is 1.59 bits per heavy atom. The molecule has 0 saturated carbocycles. The number of anilines is 1. The van der Waals surface area contributed by atoms with E-state index < -0.39 is 0 Å². The predicted octanol–water partition coefficient (Wildman–Crippen LogP) is 5.48. The van der Waals surface area contributed by atoms with Crippen molar-refractivity contribution in [1.29, 1.82) is 0 Å². The Hall–Kier alpha value is -3.11. The number of hydrogen-bond donors (Lipinski definition) is 1. The molecular weight excluding hydrogens is 356 g/mol. The molecule has 4 heteroatoms. The number of nitrogen functional groups attached to an aromatic ring is 1. The lowest BCUT2D eigenvalue weighted by atomic mass is 10.0. The Kier molecular flexibility index (Phi) is 5.63. The second-order valence-corrected chi connectivity index (χ2v) is 7.63. The van der Waals surface area contributed by atoms with Crippen molar-refractivity contribution in [3.05, 3.63) is 78.6 Å². The van der Waals surface area contributed by atoms with Crippen molar-refractivity contribution < 1.29 is 0 Å². The van der Waals surface area contributed by atoms with Gasteiger partial charge in [0, 0.05) is 24.0 Å². The van der Waals surface area contributed by atoms with Gasteiger partial charge in [-0.1, -0.05) is 67.9 Å². The van der Waals surface area contributed by atoms with E-state index >= 15 is 0 Å². The summed E-state index contributed by atoms with van der Waals surface area (Å²) in [5, 5.41) is 0. The van der Waals surface area contributed by atoms with Crippen LogP contribution in [0, 0.1) is 0 Å². The maximum atomic E-state index is 6.07. The highest BCUT2D eigenvalue weighted by molar-refractivity contribution is 5.72. The smallest absolute Gasteiger partial charge is 0.137 e. The van der Waals surface area contributed by atoms with E-state index in [9.17, 15) is 0 Å². The molecule has 29 heavy (non-hydrogen) atoms. The highest BCUT2D eigenvalue weighted by atomic mass is 15.1. The molecule has 0 spiro atoms. The van der Waals surface area contributed by atoms with E-state index in [0.717, 1.165) is 35.7 Å². The number of aromatic nitrogens is 2. The Morgan fingerprint density at radius 3 is 2.31 bits per heavy atom. The summed E-state index contributed by atoms with van der Waals surface area (Å²) >= 11 is 0. The summed E-state index contributed by atoms with van der Waals surface area (Å²) in [5.74, 6) is 0. The first-order chi connectivity index (χ1) is 14.2. The number of nitrogens with zero attached hydrogens (tertiary/aromatic N) is 3. The van der Waals surface area contributed by atoms with Gasteiger partial charge in [-0.05, 0) is 43.3 Å². The minimum Gasteiger partial charge on any atom is -0.398 e. The number of imidazole rings is 1. The number of fused-ring (bicyclic) bond motifs is 1. The third kappa shape index (κ3) is 4.17. The van der Waals surface area contributed by atoms with Crippen LogP contribution in [-0.2, 0) is 6.54 Å². The van der Waals surface area contributed by atoms with Crippen molar-refractivity contribution in [1.82, 2.24) is 14.3 Å². The zero-order chi connectivity index (χ0) is 20.2. The number of pyridine rings is 1. The fourth-order valence-corrected chi connectivity index (χ4v) is 3.71. The van der Waals surface area contributed by atoms with Crippen LogP contribution in [0.3, 0.4) is 0 Å². The first-order valence-electron chi connectivity index (χ1n) is 10.3. The third-order valence-corrected chi connectivity index (χ3v) is 5.32. The first kappa shape index (κ1) is 19.2. The first-order valence-corrected chi connectivity index (χ1v) is 10.3. The molecule has 0 unspecified atom stereocenters. The maximum absolute atomic E-state index is 6.07. The predicted molar refractivity (Wildman–Crippen MR) is 122 cm³/mol. The Bertz CT molecular complexity index is 1080. The van der Waals surface area contributed by atoms with Gasteiger partial charge in [-0.3, -0.25) is 0 Å². The molecule has 2 aromatic carbocycles. The van der Waals surface area contributed by atoms with E-state index in [0.29, 0.717) is 0 Å². The summed E-state index contributed by atoms with van der Waals surface area (Å²) in [5.41, 5.74) is 13.5. The highest BCUT2D eigenvalue weighted by Gasteiger charge is 2.16. The Balaban J connectivity index is 1.73. The van der Waals surface area contributed by atoms with Gasteiger partial charge in [0.2, 0.25) is 0 Å². The van der Waals surface area contributed by atoms with Crippen LogP contribution in [0.4, 0.5) is 5.69 Å². The number of rotatable bonds is 7. The largest absolute Gasteiger partial charge is 0.398 e. The summed E-state index contributed by atoms with van der Waals surface area (Å²) in [7, 11) is 2.17. The normalized spacial score (nSPS) is 11.4. The minimum absolute atomic E-state index is 0.748. The van der Waals surface area contributed by atoms with E-state index in [1.54, 1.807) is 0 Å². The van der Waals surface area contributed by atoms with Crippen LogP contribution >= 0.6 is 0 Å². The zero-order valence-electron chi connectivity index (χ0n) is 17.2. The number of unbranched alkanes of at least 4 members (excludes halogenated alkanes) is 1. The minimum atomic E-state index is 0.748. The van der Waals surface area contributed by atoms with Gasteiger partial charge in [-0.2, -0.15) is 0 Å². The van der Waals surface area contributed by atoms with Crippen LogP contribution in [0.15, 0.2) is 72.9 Å². The van der Waals surface area contributed by atoms with Gasteiger partial charge in [-0.25, -0.2) is 4.98 Å². The van der Waals surface area contributed by atoms with E-state index in [1.165, 1.54) is 29.7 Å². The van der Waals surface area contributed by atoms with Crippen LogP contribution < -0.4 is 5.73 Å². The molecule has 0 saturated heterocycles. The van der Waals surface area contributed by atoms with Crippen molar-refractivity contribution >= 4 is 11.3 Å². The average molecular weight is 385 g/mol. The van der Waals surface area contributed by atoms with Crippen molar-refractivity contribution in [3.8, 4) is 22.4 Å². The summed E-state index contributed by atoms with van der Waals surface area (Å²) < 4.78 is 2.14. The number of hydrogen-bond acceptors (Lipinski definition) is 3. The molecule has 0 aliphatic heterocycles. The van der Waals surface area contributed by atoms with Crippen LogP contribution in [0.1, 0.15) is 25.5 Å². The molecule has 4 rings (SSSR count). The van der Waals surface area contributed by atoms with Crippen molar-refractivity contribution in [3.63, 3.8) is 0 Å². The van der Waals surface area contributed by atoms with E-state index in [1.807, 2.05) is 24.4 Å². The molecule has 0 bridgehead atoms. The van der Waals surface area contributed by atoms with Crippen LogP contribution in [0.25, 0.3) is 28.0 Å². The fraction of sp³-hybridized carbons (Fsp3) is 0.240. The molecule has 4 nitrogen and oxygen atoms in total. The van der Waals surface area contributed by atoms with Crippen LogP contribution in [-0.4, -0.2) is 27.9 Å². The van der Waals surface area contributed by atoms with Crippen molar-refractivity contribution in [2.45, 2.75) is 26.3 Å². The van der Waals surface area contributed by atoms with E-state index in [2.05, 4.69) is 71.8 Å². The average Bonchev–Trinajstić information content (AvgIpc) is 3.10. The number of benzene rings is 2. The van der Waals surface area contributed by atoms with Gasteiger partial charge in [0.05, 0.1) is 11.4 Å². The maximum Gasteiger partial charge on any atom is 0.137 e. The van der Waals surface area contributed by atoms with Gasteiger partial charge < -0.3 is 15.0 Å². The second-order valence-electron chi connectivity index (χ2n) is 7.63. The van der Waals surface area contributed by atoms with Gasteiger partial charge in [0.25, 0.3) is 0 Å². The van der Waals surface area contributed by atoms with Crippen molar-refractivity contribution in [2.24, 2.45) is 0 Å². The standard InChI is InChI=1S/C25H28N4/c1-3-4-16-28(2)18-23-25(27-24-15-14-22(26)17-29(23)24)21-12-10-20(11-13-21)19-8-6-5-7-9-19/h5-15,17H,3-4,16,18,26H2,1-2H3. The summed E-state index contributed by atoms with van der Waals surface area (Å²) in [6.07, 6.45) is 4.36. The van der Waals surface area contributed by atoms with Crippen LogP contribution in [0.5, 0.6) is 0 Å². The summed E-state index contributed by atoms with van der Waals surface area (Å²) in [6.45, 7) is 4.13. The van der Waals surface area contributed by atoms with E-state index in [-0.39, 0.29) is 0 Å². The molecule has 2 aromatic heterocycles. The second kappa shape index (κ2) is 8.50. The molecule has 2 N–H and O–H groups in total. The molecule has 2 heterocycles. The molecule has 0 fully saturated rings. The molecule has 0 amide bonds. The molecule has 4 aromatic rings. The SMILES string of the molecule is CCCCN(C)Cc1c(-c2ccc(-c3ccccc3)cc2)nc2ccc(N)cn12. The fourth-order valence-electron chi connectivity index (χ4n) is 3.71. The Labute approximate surface area is 172 Å². The molecule has 0 atom stereocenters. The lowest BCUT2D eigenvalue weighted by Crippen LogP contribution is -2.20. The Morgan fingerprint density at radius 1 is 0.897 bits per heavy atom. The van der Waals surface area contributed by atoms with Gasteiger partial charge in [0.15, 0.2) is 0 Å². The molecule has 0 aliphatic rings. The quantitative estimate of drug-likeness (QED) is 0.459. The lowest BCUT2D eigenvalue weighted by molar-refractivity contribution is 0.316. The monoisotopic (exact) mass is 384 g/mol.